The standard InChI is InChI=1S/C19H30O7Si/c1-22-13-7-5-12(6-8-13)18-24-11-14-17(26-18)15(20)16(21)19(25-14)23-9-10-27(2,3)4/h5-8,14-21H,9-11H2,1-4H3/t14-,15-,16-,17-,18-,19-/m1/s1. The molecule has 152 valence electrons. The van der Waals surface area contributed by atoms with E-state index in [0.717, 1.165) is 17.4 Å². The highest BCUT2D eigenvalue weighted by Gasteiger charge is 2.49. The van der Waals surface area contributed by atoms with Crippen molar-refractivity contribution in [2.45, 2.75) is 62.7 Å². The van der Waals surface area contributed by atoms with Crippen LogP contribution in [0, 0.1) is 0 Å². The number of fused-ring (bicyclic) bond motifs is 1. The lowest BCUT2D eigenvalue weighted by molar-refractivity contribution is -0.360. The van der Waals surface area contributed by atoms with E-state index in [0.29, 0.717) is 6.61 Å². The van der Waals surface area contributed by atoms with Crippen molar-refractivity contribution in [3.63, 3.8) is 0 Å². The number of benzene rings is 1. The van der Waals surface area contributed by atoms with Crippen molar-refractivity contribution in [3.8, 4) is 5.75 Å². The highest BCUT2D eigenvalue weighted by Crippen LogP contribution is 2.34. The van der Waals surface area contributed by atoms with Crippen LogP contribution in [0.2, 0.25) is 25.7 Å². The summed E-state index contributed by atoms with van der Waals surface area (Å²) in [6.07, 6.45) is -4.95. The molecule has 1 aromatic rings. The zero-order valence-electron chi connectivity index (χ0n) is 16.3. The monoisotopic (exact) mass is 398 g/mol. The molecule has 0 spiro atoms. The van der Waals surface area contributed by atoms with Crippen LogP contribution in [0.5, 0.6) is 5.75 Å². The molecule has 0 aromatic heterocycles. The molecule has 0 aliphatic carbocycles. The minimum Gasteiger partial charge on any atom is -0.497 e. The fourth-order valence-electron chi connectivity index (χ4n) is 3.13. The molecule has 2 saturated heterocycles. The SMILES string of the molecule is COc1ccc([C@@H]2OC[C@H]3O[C@@H](OCC[Si](C)(C)C)[C@H](O)[C@@H](O)[C@@H]3O2)cc1. The lowest BCUT2D eigenvalue weighted by Gasteiger charge is -2.46. The van der Waals surface area contributed by atoms with E-state index in [4.69, 9.17) is 23.7 Å². The quantitative estimate of drug-likeness (QED) is 0.708. The number of aliphatic hydroxyl groups is 2. The number of hydrogen-bond donors (Lipinski definition) is 2. The summed E-state index contributed by atoms with van der Waals surface area (Å²) in [7, 11) is 0.352. The van der Waals surface area contributed by atoms with Gasteiger partial charge in [-0.15, -0.1) is 0 Å². The molecule has 7 nitrogen and oxygen atoms in total. The molecule has 27 heavy (non-hydrogen) atoms. The molecule has 0 unspecified atom stereocenters. The fraction of sp³-hybridized carbons (Fsp3) is 0.684. The van der Waals surface area contributed by atoms with Gasteiger partial charge in [0.2, 0.25) is 0 Å². The Morgan fingerprint density at radius 3 is 2.41 bits per heavy atom. The molecule has 2 aliphatic rings. The molecule has 2 heterocycles. The van der Waals surface area contributed by atoms with Gasteiger partial charge in [0.15, 0.2) is 12.6 Å². The van der Waals surface area contributed by atoms with Crippen LogP contribution in [-0.4, -0.2) is 69.3 Å². The van der Waals surface area contributed by atoms with Crippen LogP contribution in [0.3, 0.4) is 0 Å². The van der Waals surface area contributed by atoms with Crippen molar-refractivity contribution >= 4 is 8.07 Å². The Morgan fingerprint density at radius 2 is 1.78 bits per heavy atom. The zero-order chi connectivity index (χ0) is 19.6. The minimum absolute atomic E-state index is 0.249. The van der Waals surface area contributed by atoms with E-state index in [2.05, 4.69) is 19.6 Å². The second-order valence-corrected chi connectivity index (χ2v) is 13.9. The van der Waals surface area contributed by atoms with E-state index in [9.17, 15) is 10.2 Å². The molecule has 0 bridgehead atoms. The van der Waals surface area contributed by atoms with E-state index in [1.165, 1.54) is 0 Å². The molecule has 2 aliphatic heterocycles. The lowest BCUT2D eigenvalue weighted by Crippen LogP contribution is -2.62. The highest BCUT2D eigenvalue weighted by atomic mass is 28.3. The van der Waals surface area contributed by atoms with Crippen LogP contribution in [0.15, 0.2) is 24.3 Å². The van der Waals surface area contributed by atoms with Crippen LogP contribution in [0.1, 0.15) is 11.9 Å². The molecule has 6 atom stereocenters. The Hall–Kier alpha value is -1.00. The summed E-state index contributed by atoms with van der Waals surface area (Å²) in [4.78, 5) is 0. The Labute approximate surface area is 161 Å². The van der Waals surface area contributed by atoms with Gasteiger partial charge in [-0.1, -0.05) is 31.8 Å². The first kappa shape index (κ1) is 20.7. The Bertz CT molecular complexity index is 601. The minimum atomic E-state index is -1.25. The Balaban J connectivity index is 1.60. The topological polar surface area (TPSA) is 86.6 Å². The van der Waals surface area contributed by atoms with Gasteiger partial charge in [-0.05, 0) is 18.2 Å². The average molecular weight is 399 g/mol. The molecular weight excluding hydrogens is 368 g/mol. The summed E-state index contributed by atoms with van der Waals surface area (Å²) >= 11 is 0. The second kappa shape index (κ2) is 8.56. The van der Waals surface area contributed by atoms with Gasteiger partial charge in [0.25, 0.3) is 0 Å². The highest BCUT2D eigenvalue weighted by molar-refractivity contribution is 6.76. The summed E-state index contributed by atoms with van der Waals surface area (Å²) in [6.45, 7) is 7.50. The van der Waals surface area contributed by atoms with E-state index in [-0.39, 0.29) is 6.61 Å². The Morgan fingerprint density at radius 1 is 1.07 bits per heavy atom. The zero-order valence-corrected chi connectivity index (χ0v) is 17.3. The Kier molecular flexibility index (Phi) is 6.57. The summed E-state index contributed by atoms with van der Waals surface area (Å²) in [6, 6.07) is 8.28. The van der Waals surface area contributed by atoms with E-state index < -0.39 is 45.1 Å². The molecule has 1 aromatic carbocycles. The molecule has 3 rings (SSSR count). The van der Waals surface area contributed by atoms with Crippen molar-refractivity contribution < 1.29 is 33.9 Å². The van der Waals surface area contributed by atoms with Crippen molar-refractivity contribution in [1.82, 2.24) is 0 Å². The van der Waals surface area contributed by atoms with Gasteiger partial charge in [-0.25, -0.2) is 0 Å². The van der Waals surface area contributed by atoms with Gasteiger partial charge in [0.05, 0.1) is 13.7 Å². The molecule has 0 amide bonds. The molecule has 2 fully saturated rings. The predicted octanol–water partition coefficient (Wildman–Crippen LogP) is 1.91. The first-order valence-corrected chi connectivity index (χ1v) is 13.0. The molecule has 0 saturated carbocycles. The predicted molar refractivity (Wildman–Crippen MR) is 101 cm³/mol. The van der Waals surface area contributed by atoms with Gasteiger partial charge in [-0.2, -0.15) is 0 Å². The third-order valence-electron chi connectivity index (χ3n) is 4.86. The normalized spacial score (nSPS) is 34.1. The molecule has 0 radical (unpaired) electrons. The van der Waals surface area contributed by atoms with E-state index in [1.807, 2.05) is 24.3 Å². The van der Waals surface area contributed by atoms with Crippen molar-refractivity contribution in [3.05, 3.63) is 29.8 Å². The van der Waals surface area contributed by atoms with Crippen LogP contribution in [0.4, 0.5) is 0 Å². The number of hydrogen-bond acceptors (Lipinski definition) is 7. The third kappa shape index (κ3) is 5.08. The molecule has 8 heteroatoms. The van der Waals surface area contributed by atoms with Crippen LogP contribution >= 0.6 is 0 Å². The number of aliphatic hydroxyl groups excluding tert-OH is 2. The largest absolute Gasteiger partial charge is 0.497 e. The maximum Gasteiger partial charge on any atom is 0.186 e. The van der Waals surface area contributed by atoms with Gasteiger partial charge >= 0.3 is 0 Å². The first-order chi connectivity index (χ1) is 12.8. The first-order valence-electron chi connectivity index (χ1n) is 9.33. The summed E-state index contributed by atoms with van der Waals surface area (Å²) in [5.41, 5.74) is 0.810. The average Bonchev–Trinajstić information content (AvgIpc) is 2.64. The van der Waals surface area contributed by atoms with E-state index >= 15 is 0 Å². The van der Waals surface area contributed by atoms with Crippen molar-refractivity contribution in [2.75, 3.05) is 20.3 Å². The maximum absolute atomic E-state index is 10.5. The van der Waals surface area contributed by atoms with Crippen molar-refractivity contribution in [2.24, 2.45) is 0 Å². The molecule has 2 N–H and O–H groups in total. The second-order valence-electron chi connectivity index (χ2n) is 8.24. The number of rotatable bonds is 6. The third-order valence-corrected chi connectivity index (χ3v) is 6.56. The smallest absolute Gasteiger partial charge is 0.186 e. The summed E-state index contributed by atoms with van der Waals surface area (Å²) in [5.74, 6) is 0.738. The van der Waals surface area contributed by atoms with Gasteiger partial charge in [-0.3, -0.25) is 0 Å². The summed E-state index contributed by atoms with van der Waals surface area (Å²) < 4.78 is 28.3. The number of ether oxygens (including phenoxy) is 5. The van der Waals surface area contributed by atoms with Crippen molar-refractivity contribution in [1.29, 1.82) is 0 Å². The van der Waals surface area contributed by atoms with Gasteiger partial charge < -0.3 is 33.9 Å². The summed E-state index contributed by atoms with van der Waals surface area (Å²) in [5, 5.41) is 21.0. The lowest BCUT2D eigenvalue weighted by atomic mass is 9.98. The maximum atomic E-state index is 10.5. The van der Waals surface area contributed by atoms with Crippen LogP contribution < -0.4 is 4.74 Å². The molecular formula is C19H30O7Si. The van der Waals surface area contributed by atoms with Gasteiger partial charge in [0.1, 0.15) is 30.2 Å². The van der Waals surface area contributed by atoms with Crippen LogP contribution in [0.25, 0.3) is 0 Å². The number of methoxy groups -OCH3 is 1. The van der Waals surface area contributed by atoms with Crippen LogP contribution in [-0.2, 0) is 18.9 Å². The van der Waals surface area contributed by atoms with Gasteiger partial charge in [0, 0.05) is 20.2 Å². The van der Waals surface area contributed by atoms with E-state index in [1.54, 1.807) is 7.11 Å². The fourth-order valence-corrected chi connectivity index (χ4v) is 3.86.